The monoisotopic (exact) mass is 329 g/mol. The Morgan fingerprint density at radius 3 is 2.81 bits per heavy atom. The molecule has 0 aromatic heterocycles. The van der Waals surface area contributed by atoms with Gasteiger partial charge in [-0.15, -0.1) is 0 Å². The smallest absolute Gasteiger partial charge is 0.224 e. The quantitative estimate of drug-likeness (QED) is 0.834. The Morgan fingerprint density at radius 1 is 1.48 bits per heavy atom. The van der Waals surface area contributed by atoms with Crippen LogP contribution in [0.1, 0.15) is 44.6 Å². The van der Waals surface area contributed by atoms with Crippen LogP contribution in [0.5, 0.6) is 0 Å². The third-order valence-corrected chi connectivity index (χ3v) is 4.92. The third-order valence-electron chi connectivity index (χ3n) is 4.08. The number of benzene rings is 1. The van der Waals surface area contributed by atoms with Gasteiger partial charge in [0, 0.05) is 5.92 Å². The van der Waals surface area contributed by atoms with E-state index in [2.05, 4.69) is 5.32 Å². The molecule has 0 unspecified atom stereocenters. The normalized spacial score (nSPS) is 23.5. The van der Waals surface area contributed by atoms with Gasteiger partial charge in [0.05, 0.1) is 22.2 Å². The van der Waals surface area contributed by atoms with Gasteiger partial charge in [-0.25, -0.2) is 0 Å². The topological polar surface area (TPSA) is 49.3 Å². The molecule has 1 aromatic carbocycles. The number of aliphatic hydroxyl groups excluding tert-OH is 1. The Hall–Kier alpha value is -0.770. The van der Waals surface area contributed by atoms with Crippen molar-refractivity contribution in [3.63, 3.8) is 0 Å². The number of amides is 1. The first-order valence-electron chi connectivity index (χ1n) is 7.28. The number of hydrogen-bond acceptors (Lipinski definition) is 2. The molecule has 0 spiro atoms. The van der Waals surface area contributed by atoms with E-state index in [1.54, 1.807) is 6.07 Å². The van der Waals surface area contributed by atoms with Crippen LogP contribution in [-0.2, 0) is 4.79 Å². The summed E-state index contributed by atoms with van der Waals surface area (Å²) >= 11 is 12.2. The predicted octanol–water partition coefficient (Wildman–Crippen LogP) is 3.76. The molecule has 1 aliphatic rings. The minimum absolute atomic E-state index is 0.0129. The lowest BCUT2D eigenvalue weighted by molar-refractivity contribution is -0.124. The molecule has 1 aromatic rings. The average Bonchev–Trinajstić information content (AvgIpc) is 3.22. The molecular formula is C16H21Cl2NO2. The van der Waals surface area contributed by atoms with Crippen molar-refractivity contribution in [2.45, 2.75) is 44.6 Å². The van der Waals surface area contributed by atoms with E-state index in [4.69, 9.17) is 23.2 Å². The highest BCUT2D eigenvalue weighted by atomic mass is 35.5. The zero-order valence-electron chi connectivity index (χ0n) is 12.3. The van der Waals surface area contributed by atoms with Crippen molar-refractivity contribution in [1.82, 2.24) is 5.32 Å². The predicted molar refractivity (Wildman–Crippen MR) is 85.9 cm³/mol. The van der Waals surface area contributed by atoms with Crippen molar-refractivity contribution >= 4 is 29.1 Å². The number of nitrogens with one attached hydrogen (secondary N) is 1. The second-order valence-corrected chi connectivity index (χ2v) is 6.83. The molecule has 0 heterocycles. The van der Waals surface area contributed by atoms with Gasteiger partial charge < -0.3 is 10.4 Å². The van der Waals surface area contributed by atoms with Crippen LogP contribution in [0.25, 0.3) is 0 Å². The first-order valence-corrected chi connectivity index (χ1v) is 8.04. The van der Waals surface area contributed by atoms with Gasteiger partial charge in [0.1, 0.15) is 0 Å². The summed E-state index contributed by atoms with van der Waals surface area (Å²) in [5.74, 6) is 0.0329. The summed E-state index contributed by atoms with van der Waals surface area (Å²) in [7, 11) is 0. The van der Waals surface area contributed by atoms with E-state index in [1.165, 1.54) is 0 Å². The lowest BCUT2D eigenvalue weighted by Gasteiger charge is -2.28. The average molecular weight is 330 g/mol. The van der Waals surface area contributed by atoms with Crippen LogP contribution in [0.2, 0.25) is 10.0 Å². The summed E-state index contributed by atoms with van der Waals surface area (Å²) in [6, 6.07) is 5.52. The summed E-state index contributed by atoms with van der Waals surface area (Å²) in [5, 5.41) is 13.5. The molecular weight excluding hydrogens is 309 g/mol. The number of carbonyl (C=O) groups excluding carboxylic acids is 1. The molecule has 1 aliphatic carbocycles. The summed E-state index contributed by atoms with van der Waals surface area (Å²) < 4.78 is 0. The molecule has 0 saturated heterocycles. The number of carbonyl (C=O) groups is 1. The van der Waals surface area contributed by atoms with Crippen molar-refractivity contribution < 1.29 is 9.90 Å². The van der Waals surface area contributed by atoms with Crippen molar-refractivity contribution in [3.8, 4) is 0 Å². The Kier molecular flexibility index (Phi) is 5.18. The maximum absolute atomic E-state index is 12.3. The Bertz CT molecular complexity index is 535. The molecule has 1 amide bonds. The zero-order valence-corrected chi connectivity index (χ0v) is 13.8. The van der Waals surface area contributed by atoms with Gasteiger partial charge in [0.15, 0.2) is 0 Å². The van der Waals surface area contributed by atoms with Crippen molar-refractivity contribution in [3.05, 3.63) is 33.8 Å². The Morgan fingerprint density at radius 2 is 2.19 bits per heavy atom. The van der Waals surface area contributed by atoms with Crippen LogP contribution >= 0.6 is 23.2 Å². The van der Waals surface area contributed by atoms with E-state index < -0.39 is 5.54 Å². The Balaban J connectivity index is 2.03. The highest BCUT2D eigenvalue weighted by Crippen LogP contribution is 2.50. The highest BCUT2D eigenvalue weighted by Gasteiger charge is 2.46. The lowest BCUT2D eigenvalue weighted by atomic mass is 9.96. The number of aliphatic hydroxyl groups is 1. The maximum atomic E-state index is 12.3. The summed E-state index contributed by atoms with van der Waals surface area (Å²) in [5.41, 5.74) is 0.391. The second-order valence-electron chi connectivity index (χ2n) is 6.05. The number of hydrogen-bond donors (Lipinski definition) is 2. The van der Waals surface area contributed by atoms with E-state index in [1.807, 2.05) is 26.0 Å². The van der Waals surface area contributed by atoms with Crippen LogP contribution in [0.15, 0.2) is 18.2 Å². The standard InChI is InChI=1S/C16H21Cl2NO2/c1-3-7-16(2,9-20)19-15(21)12-8-11(12)10-5-4-6-13(17)14(10)18/h4-6,11-12,20H,3,7-9H2,1-2H3,(H,19,21)/t11-,12-,16-/m1/s1. The van der Waals surface area contributed by atoms with Crippen molar-refractivity contribution in [1.29, 1.82) is 0 Å². The third kappa shape index (κ3) is 3.71. The fraction of sp³-hybridized carbons (Fsp3) is 0.562. The van der Waals surface area contributed by atoms with Gasteiger partial charge in [0.25, 0.3) is 0 Å². The molecule has 116 valence electrons. The van der Waals surface area contributed by atoms with Gasteiger partial charge in [-0.05, 0) is 37.3 Å². The van der Waals surface area contributed by atoms with Gasteiger partial charge >= 0.3 is 0 Å². The first kappa shape index (κ1) is 16.6. The molecule has 1 saturated carbocycles. The SMILES string of the molecule is CCC[C@](C)(CO)NC(=O)[C@@H]1C[C@@H]1c1cccc(Cl)c1Cl. The molecule has 3 atom stereocenters. The van der Waals surface area contributed by atoms with Gasteiger partial charge in [0.2, 0.25) is 5.91 Å². The molecule has 21 heavy (non-hydrogen) atoms. The van der Waals surface area contributed by atoms with Crippen LogP contribution in [0, 0.1) is 5.92 Å². The molecule has 3 nitrogen and oxygen atoms in total. The van der Waals surface area contributed by atoms with E-state index in [-0.39, 0.29) is 24.3 Å². The summed E-state index contributed by atoms with van der Waals surface area (Å²) in [6.07, 6.45) is 2.44. The molecule has 2 N–H and O–H groups in total. The first-order chi connectivity index (χ1) is 9.91. The van der Waals surface area contributed by atoms with Gasteiger partial charge in [-0.1, -0.05) is 48.7 Å². The second kappa shape index (κ2) is 6.55. The Labute approximate surface area is 135 Å². The largest absolute Gasteiger partial charge is 0.394 e. The summed E-state index contributed by atoms with van der Waals surface area (Å²) in [6.45, 7) is 3.85. The number of halogens is 2. The minimum atomic E-state index is -0.545. The van der Waals surface area contributed by atoms with Crippen LogP contribution < -0.4 is 5.32 Å². The van der Waals surface area contributed by atoms with Crippen LogP contribution in [-0.4, -0.2) is 23.2 Å². The zero-order chi connectivity index (χ0) is 15.6. The van der Waals surface area contributed by atoms with E-state index in [0.717, 1.165) is 24.8 Å². The van der Waals surface area contributed by atoms with E-state index >= 15 is 0 Å². The lowest BCUT2D eigenvalue weighted by Crippen LogP contribution is -2.49. The van der Waals surface area contributed by atoms with Crippen molar-refractivity contribution in [2.75, 3.05) is 6.61 Å². The number of rotatable bonds is 6. The molecule has 1 fully saturated rings. The van der Waals surface area contributed by atoms with Crippen LogP contribution in [0.4, 0.5) is 0 Å². The molecule has 5 heteroatoms. The minimum Gasteiger partial charge on any atom is -0.394 e. The molecule has 2 rings (SSSR count). The van der Waals surface area contributed by atoms with Crippen molar-refractivity contribution in [2.24, 2.45) is 5.92 Å². The molecule has 0 radical (unpaired) electrons. The van der Waals surface area contributed by atoms with E-state index in [0.29, 0.717) is 10.0 Å². The van der Waals surface area contributed by atoms with Crippen LogP contribution in [0.3, 0.4) is 0 Å². The highest BCUT2D eigenvalue weighted by molar-refractivity contribution is 6.42. The fourth-order valence-corrected chi connectivity index (χ4v) is 3.21. The van der Waals surface area contributed by atoms with E-state index in [9.17, 15) is 9.90 Å². The molecule has 0 bridgehead atoms. The fourth-order valence-electron chi connectivity index (χ4n) is 2.76. The van der Waals surface area contributed by atoms with Gasteiger partial charge in [-0.2, -0.15) is 0 Å². The summed E-state index contributed by atoms with van der Waals surface area (Å²) in [4.78, 5) is 12.3. The molecule has 0 aliphatic heterocycles. The van der Waals surface area contributed by atoms with Gasteiger partial charge in [-0.3, -0.25) is 4.79 Å². The maximum Gasteiger partial charge on any atom is 0.224 e.